The fraction of sp³-hybridized carbons (Fsp3) is 0.818. The lowest BCUT2D eigenvalue weighted by atomic mass is 9.86. The molecule has 1 aliphatic rings. The lowest BCUT2D eigenvalue weighted by Crippen LogP contribution is -2.26. The largest absolute Gasteiger partial charge is 0.328 e. The van der Waals surface area contributed by atoms with Crippen LogP contribution in [-0.4, -0.2) is 21.2 Å². The Labute approximate surface area is 90.7 Å². The Morgan fingerprint density at radius 3 is 2.47 bits per heavy atom. The summed E-state index contributed by atoms with van der Waals surface area (Å²) in [6, 6.07) is 0.397. The van der Waals surface area contributed by atoms with Crippen molar-refractivity contribution in [3.05, 3.63) is 11.6 Å². The van der Waals surface area contributed by atoms with E-state index in [9.17, 15) is 0 Å². The number of aromatic nitrogens is 3. The first-order valence-electron chi connectivity index (χ1n) is 5.84. The molecule has 1 saturated carbocycles. The van der Waals surface area contributed by atoms with Crippen LogP contribution in [0.15, 0.2) is 0 Å². The molecule has 3 N–H and O–H groups in total. The van der Waals surface area contributed by atoms with Crippen molar-refractivity contribution in [2.45, 2.75) is 57.4 Å². The quantitative estimate of drug-likeness (QED) is 0.780. The molecule has 84 valence electrons. The molecule has 15 heavy (non-hydrogen) atoms. The number of H-pyrrole nitrogens is 1. The van der Waals surface area contributed by atoms with E-state index in [4.69, 9.17) is 5.73 Å². The summed E-state index contributed by atoms with van der Waals surface area (Å²) in [5.74, 6) is 2.94. The van der Waals surface area contributed by atoms with Crippen LogP contribution in [0.25, 0.3) is 0 Å². The molecule has 4 nitrogen and oxygen atoms in total. The minimum absolute atomic E-state index is 0.397. The summed E-state index contributed by atoms with van der Waals surface area (Å²) in [6.45, 7) is 4.23. The standard InChI is InChI=1S/C11H20N4/c1-7(2)10-13-11(15-14-10)8-3-5-9(12)6-4-8/h7-9H,3-6,12H2,1-2H3,(H,13,14,15). The van der Waals surface area contributed by atoms with Gasteiger partial charge in [-0.3, -0.25) is 5.10 Å². The molecular weight excluding hydrogens is 188 g/mol. The van der Waals surface area contributed by atoms with Gasteiger partial charge in [-0.25, -0.2) is 4.98 Å². The van der Waals surface area contributed by atoms with E-state index in [0.717, 1.165) is 37.3 Å². The maximum absolute atomic E-state index is 5.88. The first-order chi connectivity index (χ1) is 7.16. The number of nitrogens with zero attached hydrogens (tertiary/aromatic N) is 2. The van der Waals surface area contributed by atoms with Gasteiger partial charge in [-0.15, -0.1) is 0 Å². The van der Waals surface area contributed by atoms with Crippen molar-refractivity contribution in [1.29, 1.82) is 0 Å². The van der Waals surface area contributed by atoms with Gasteiger partial charge in [0.05, 0.1) is 0 Å². The van der Waals surface area contributed by atoms with Gasteiger partial charge in [0.25, 0.3) is 0 Å². The Hall–Kier alpha value is -0.900. The molecule has 0 bridgehead atoms. The topological polar surface area (TPSA) is 67.6 Å². The molecule has 0 saturated heterocycles. The molecule has 0 atom stereocenters. The van der Waals surface area contributed by atoms with E-state index >= 15 is 0 Å². The van der Waals surface area contributed by atoms with E-state index < -0.39 is 0 Å². The van der Waals surface area contributed by atoms with Crippen LogP contribution < -0.4 is 5.73 Å². The fourth-order valence-corrected chi connectivity index (χ4v) is 2.12. The number of hydrogen-bond acceptors (Lipinski definition) is 3. The Balaban J connectivity index is 2.03. The van der Waals surface area contributed by atoms with Crippen molar-refractivity contribution in [2.75, 3.05) is 0 Å². The molecule has 0 aromatic carbocycles. The Morgan fingerprint density at radius 2 is 1.93 bits per heavy atom. The molecule has 0 radical (unpaired) electrons. The van der Waals surface area contributed by atoms with Crippen molar-refractivity contribution in [2.24, 2.45) is 5.73 Å². The van der Waals surface area contributed by atoms with Crippen molar-refractivity contribution in [3.8, 4) is 0 Å². The number of nitrogens with two attached hydrogens (primary N) is 1. The Morgan fingerprint density at radius 1 is 1.27 bits per heavy atom. The van der Waals surface area contributed by atoms with E-state index in [1.807, 2.05) is 0 Å². The molecule has 0 amide bonds. The van der Waals surface area contributed by atoms with Crippen molar-refractivity contribution < 1.29 is 0 Å². The maximum Gasteiger partial charge on any atom is 0.153 e. The molecule has 1 heterocycles. The highest BCUT2D eigenvalue weighted by Crippen LogP contribution is 2.30. The van der Waals surface area contributed by atoms with Gasteiger partial charge in [-0.05, 0) is 25.7 Å². The zero-order chi connectivity index (χ0) is 10.8. The molecule has 1 aliphatic carbocycles. The van der Waals surface area contributed by atoms with E-state index in [0.29, 0.717) is 17.9 Å². The summed E-state index contributed by atoms with van der Waals surface area (Å²) in [5, 5.41) is 7.31. The fourth-order valence-electron chi connectivity index (χ4n) is 2.12. The smallest absolute Gasteiger partial charge is 0.153 e. The molecular formula is C11H20N4. The maximum atomic E-state index is 5.88. The molecule has 1 aromatic heterocycles. The van der Waals surface area contributed by atoms with Gasteiger partial charge < -0.3 is 5.73 Å². The van der Waals surface area contributed by atoms with Gasteiger partial charge in [0, 0.05) is 17.9 Å². The van der Waals surface area contributed by atoms with Gasteiger partial charge in [0.2, 0.25) is 0 Å². The van der Waals surface area contributed by atoms with E-state index in [1.165, 1.54) is 0 Å². The highest BCUT2D eigenvalue weighted by molar-refractivity contribution is 5.02. The zero-order valence-corrected chi connectivity index (χ0v) is 9.53. The lowest BCUT2D eigenvalue weighted by molar-refractivity contribution is 0.385. The highest BCUT2D eigenvalue weighted by Gasteiger charge is 2.23. The highest BCUT2D eigenvalue weighted by atomic mass is 15.2. The third-order valence-electron chi connectivity index (χ3n) is 3.19. The van der Waals surface area contributed by atoms with Gasteiger partial charge >= 0.3 is 0 Å². The van der Waals surface area contributed by atoms with Crippen LogP contribution in [0, 0.1) is 0 Å². The van der Waals surface area contributed by atoms with Crippen LogP contribution in [0.1, 0.15) is 63.0 Å². The molecule has 0 aliphatic heterocycles. The minimum atomic E-state index is 0.397. The van der Waals surface area contributed by atoms with E-state index in [-0.39, 0.29) is 0 Å². The first-order valence-corrected chi connectivity index (χ1v) is 5.84. The van der Waals surface area contributed by atoms with E-state index in [1.54, 1.807) is 0 Å². The summed E-state index contributed by atoms with van der Waals surface area (Å²) in [4.78, 5) is 4.55. The minimum Gasteiger partial charge on any atom is -0.328 e. The van der Waals surface area contributed by atoms with Crippen LogP contribution >= 0.6 is 0 Å². The third-order valence-corrected chi connectivity index (χ3v) is 3.19. The molecule has 1 aromatic rings. The average molecular weight is 208 g/mol. The predicted octanol–water partition coefficient (Wildman–Crippen LogP) is 1.91. The molecule has 0 spiro atoms. The van der Waals surface area contributed by atoms with Crippen LogP contribution in [0.3, 0.4) is 0 Å². The average Bonchev–Trinajstić information content (AvgIpc) is 2.68. The van der Waals surface area contributed by atoms with Gasteiger partial charge in [-0.2, -0.15) is 5.10 Å². The molecule has 2 rings (SSSR count). The van der Waals surface area contributed by atoms with Crippen molar-refractivity contribution in [3.63, 3.8) is 0 Å². The normalized spacial score (nSPS) is 27.2. The van der Waals surface area contributed by atoms with Gasteiger partial charge in [0.1, 0.15) is 5.82 Å². The van der Waals surface area contributed by atoms with Crippen LogP contribution in [-0.2, 0) is 0 Å². The summed E-state index contributed by atoms with van der Waals surface area (Å²) in [6.07, 6.45) is 4.52. The number of aromatic amines is 1. The second kappa shape index (κ2) is 4.31. The Kier molecular flexibility index (Phi) is 3.05. The predicted molar refractivity (Wildman–Crippen MR) is 59.7 cm³/mol. The molecule has 0 unspecified atom stereocenters. The first kappa shape index (κ1) is 10.6. The van der Waals surface area contributed by atoms with Crippen LogP contribution in [0.5, 0.6) is 0 Å². The van der Waals surface area contributed by atoms with Crippen molar-refractivity contribution >= 4 is 0 Å². The number of nitrogens with one attached hydrogen (secondary N) is 1. The summed E-state index contributed by atoms with van der Waals surface area (Å²) >= 11 is 0. The SMILES string of the molecule is CC(C)c1n[nH]c(C2CCC(N)CC2)n1. The van der Waals surface area contributed by atoms with Gasteiger partial charge in [0.15, 0.2) is 5.82 Å². The number of hydrogen-bond donors (Lipinski definition) is 2. The monoisotopic (exact) mass is 208 g/mol. The molecule has 1 fully saturated rings. The summed E-state index contributed by atoms with van der Waals surface area (Å²) < 4.78 is 0. The molecule has 4 heteroatoms. The van der Waals surface area contributed by atoms with Crippen molar-refractivity contribution in [1.82, 2.24) is 15.2 Å². The number of rotatable bonds is 2. The van der Waals surface area contributed by atoms with Crippen LogP contribution in [0.2, 0.25) is 0 Å². The zero-order valence-electron chi connectivity index (χ0n) is 9.53. The van der Waals surface area contributed by atoms with Crippen LogP contribution in [0.4, 0.5) is 0 Å². The second-order valence-corrected chi connectivity index (χ2v) is 4.85. The summed E-state index contributed by atoms with van der Waals surface area (Å²) in [7, 11) is 0. The Bertz CT molecular complexity index is 310. The van der Waals surface area contributed by atoms with Gasteiger partial charge in [-0.1, -0.05) is 13.8 Å². The van der Waals surface area contributed by atoms with E-state index in [2.05, 4.69) is 29.0 Å². The summed E-state index contributed by atoms with van der Waals surface area (Å²) in [5.41, 5.74) is 5.88. The lowest BCUT2D eigenvalue weighted by Gasteiger charge is -2.24. The second-order valence-electron chi connectivity index (χ2n) is 4.85. The third kappa shape index (κ3) is 2.37.